The largest absolute Gasteiger partial charge is 0.493 e. The van der Waals surface area contributed by atoms with Crippen LogP contribution in [0.4, 0.5) is 0 Å². The summed E-state index contributed by atoms with van der Waals surface area (Å²) >= 11 is 3.67. The van der Waals surface area contributed by atoms with Crippen molar-refractivity contribution in [3.63, 3.8) is 0 Å². The second-order valence-electron chi connectivity index (χ2n) is 9.28. The first-order chi connectivity index (χ1) is 17.3. The van der Waals surface area contributed by atoms with Gasteiger partial charge >= 0.3 is 5.97 Å². The van der Waals surface area contributed by atoms with E-state index in [0.29, 0.717) is 47.6 Å². The zero-order valence-electron chi connectivity index (χ0n) is 21.3. The number of methoxy groups -OCH3 is 2. The number of dihydropyridines is 1. The van der Waals surface area contributed by atoms with Crippen LogP contribution in [-0.4, -0.2) is 32.1 Å². The van der Waals surface area contributed by atoms with Gasteiger partial charge in [0.15, 0.2) is 17.3 Å². The second kappa shape index (κ2) is 10.9. The molecule has 0 spiro atoms. The van der Waals surface area contributed by atoms with E-state index < -0.39 is 11.9 Å². The summed E-state index contributed by atoms with van der Waals surface area (Å²) in [5, 5.41) is 3.41. The molecule has 4 rings (SSSR count). The number of ether oxygens (including phenoxy) is 3. The number of nitrogens with one attached hydrogen (secondary N) is 1. The Bertz CT molecular complexity index is 1230. The lowest BCUT2D eigenvalue weighted by Crippen LogP contribution is -2.36. The zero-order chi connectivity index (χ0) is 26.0. The van der Waals surface area contributed by atoms with Gasteiger partial charge in [0.2, 0.25) is 0 Å². The van der Waals surface area contributed by atoms with E-state index in [2.05, 4.69) is 33.4 Å². The minimum atomic E-state index is -0.601. The van der Waals surface area contributed by atoms with Crippen LogP contribution in [0, 0.1) is 0 Å². The van der Waals surface area contributed by atoms with Crippen molar-refractivity contribution in [3.8, 4) is 11.5 Å². The van der Waals surface area contributed by atoms with E-state index in [1.807, 2.05) is 51.1 Å². The van der Waals surface area contributed by atoms with Crippen molar-refractivity contribution in [1.82, 2.24) is 5.32 Å². The third kappa shape index (κ3) is 4.94. The number of hydrogen-bond donors (Lipinski definition) is 1. The van der Waals surface area contributed by atoms with Crippen molar-refractivity contribution in [1.29, 1.82) is 0 Å². The molecule has 1 heterocycles. The molecule has 0 fully saturated rings. The van der Waals surface area contributed by atoms with Crippen LogP contribution in [0.2, 0.25) is 0 Å². The molecule has 0 aromatic heterocycles. The number of ketones is 1. The highest BCUT2D eigenvalue weighted by Gasteiger charge is 2.42. The molecule has 0 amide bonds. The van der Waals surface area contributed by atoms with Gasteiger partial charge in [-0.15, -0.1) is 0 Å². The predicted octanol–water partition coefficient (Wildman–Crippen LogP) is 6.17. The maximum Gasteiger partial charge on any atom is 0.337 e. The number of allylic oxidation sites excluding steroid dienone is 3. The number of rotatable bonds is 7. The lowest BCUT2D eigenvalue weighted by Gasteiger charge is -2.37. The molecule has 3 atom stereocenters. The normalized spacial score (nSPS) is 20.4. The fourth-order valence-electron chi connectivity index (χ4n) is 5.00. The molecule has 2 aromatic carbocycles. The molecule has 2 aliphatic rings. The maximum absolute atomic E-state index is 13.8. The van der Waals surface area contributed by atoms with E-state index in [-0.39, 0.29) is 17.8 Å². The second-order valence-corrected chi connectivity index (χ2v) is 10.1. The smallest absolute Gasteiger partial charge is 0.337 e. The Morgan fingerprint density at radius 2 is 1.78 bits per heavy atom. The summed E-state index contributed by atoms with van der Waals surface area (Å²) in [6.07, 6.45) is 1.50. The van der Waals surface area contributed by atoms with Crippen molar-refractivity contribution in [2.75, 3.05) is 14.2 Å². The van der Waals surface area contributed by atoms with Gasteiger partial charge in [-0.3, -0.25) is 4.79 Å². The fraction of sp³-hybridized carbons (Fsp3) is 0.379. The van der Waals surface area contributed by atoms with Crippen LogP contribution in [-0.2, 0) is 14.3 Å². The topological polar surface area (TPSA) is 73.9 Å². The molecule has 2 aromatic rings. The highest BCUT2D eigenvalue weighted by molar-refractivity contribution is 9.10. The molecular formula is C29H32BrNO5. The number of hydrogen-bond acceptors (Lipinski definition) is 6. The Morgan fingerprint density at radius 3 is 2.42 bits per heavy atom. The lowest BCUT2D eigenvalue weighted by molar-refractivity contribution is -0.144. The van der Waals surface area contributed by atoms with Crippen LogP contribution in [0.15, 0.2) is 69.5 Å². The third-order valence-corrected chi connectivity index (χ3v) is 7.70. The summed E-state index contributed by atoms with van der Waals surface area (Å²) in [6.45, 7) is 5.71. The quantitative estimate of drug-likeness (QED) is 0.413. The van der Waals surface area contributed by atoms with Gasteiger partial charge in [0.05, 0.1) is 25.9 Å². The molecule has 0 radical (unpaired) electrons. The van der Waals surface area contributed by atoms with E-state index in [1.54, 1.807) is 14.2 Å². The fourth-order valence-corrected chi connectivity index (χ4v) is 5.55. The van der Waals surface area contributed by atoms with Crippen LogP contribution < -0.4 is 14.8 Å². The first-order valence-electron chi connectivity index (χ1n) is 12.2. The van der Waals surface area contributed by atoms with Crippen LogP contribution in [0.3, 0.4) is 0 Å². The number of halogens is 1. The average Bonchev–Trinajstić information content (AvgIpc) is 2.87. The number of benzene rings is 2. The Hall–Kier alpha value is -3.06. The highest BCUT2D eigenvalue weighted by atomic mass is 79.9. The molecule has 1 aliphatic heterocycles. The van der Waals surface area contributed by atoms with E-state index >= 15 is 0 Å². The minimum Gasteiger partial charge on any atom is -0.493 e. The Labute approximate surface area is 220 Å². The summed E-state index contributed by atoms with van der Waals surface area (Å²) in [4.78, 5) is 27.3. The maximum atomic E-state index is 13.8. The average molecular weight is 554 g/mol. The molecule has 0 unspecified atom stereocenters. The van der Waals surface area contributed by atoms with Crippen LogP contribution in [0.25, 0.3) is 0 Å². The van der Waals surface area contributed by atoms with Crippen LogP contribution in [0.5, 0.6) is 11.5 Å². The van der Waals surface area contributed by atoms with Gasteiger partial charge in [-0.1, -0.05) is 53.2 Å². The van der Waals surface area contributed by atoms with Crippen LogP contribution in [0.1, 0.15) is 63.0 Å². The van der Waals surface area contributed by atoms with Crippen molar-refractivity contribution < 1.29 is 23.8 Å². The molecule has 0 saturated heterocycles. The van der Waals surface area contributed by atoms with Gasteiger partial charge in [0.1, 0.15) is 0 Å². The molecule has 1 N–H and O–H groups in total. The van der Waals surface area contributed by atoms with Crippen molar-refractivity contribution in [2.45, 2.75) is 58.0 Å². The number of esters is 1. The van der Waals surface area contributed by atoms with Crippen molar-refractivity contribution in [3.05, 3.63) is 80.6 Å². The minimum absolute atomic E-state index is 0.0191. The van der Waals surface area contributed by atoms with Gasteiger partial charge in [-0.25, -0.2) is 4.79 Å². The first-order valence-corrected chi connectivity index (χ1v) is 13.0. The van der Waals surface area contributed by atoms with E-state index in [0.717, 1.165) is 21.3 Å². The summed E-state index contributed by atoms with van der Waals surface area (Å²) in [5.74, 6) is 0.141. The van der Waals surface area contributed by atoms with Gasteiger partial charge in [0.25, 0.3) is 0 Å². The molecule has 7 heteroatoms. The van der Waals surface area contributed by atoms with Gasteiger partial charge in [-0.05, 0) is 55.9 Å². The number of carbonyl (C=O) groups is 2. The first kappa shape index (κ1) is 26.0. The lowest BCUT2D eigenvalue weighted by atomic mass is 9.71. The van der Waals surface area contributed by atoms with Crippen molar-refractivity contribution in [2.24, 2.45) is 0 Å². The monoisotopic (exact) mass is 553 g/mol. The summed E-state index contributed by atoms with van der Waals surface area (Å²) in [5.41, 5.74) is 4.47. The van der Waals surface area contributed by atoms with Crippen molar-refractivity contribution >= 4 is 27.7 Å². The summed E-state index contributed by atoms with van der Waals surface area (Å²) < 4.78 is 17.5. The number of carbonyl (C=O) groups excluding carboxylic acids is 2. The molecule has 6 nitrogen and oxygen atoms in total. The Balaban J connectivity index is 1.87. The molecule has 36 heavy (non-hydrogen) atoms. The molecule has 190 valence electrons. The Kier molecular flexibility index (Phi) is 7.88. The van der Waals surface area contributed by atoms with Gasteiger partial charge in [0, 0.05) is 33.8 Å². The summed E-state index contributed by atoms with van der Waals surface area (Å²) in [7, 11) is 3.14. The van der Waals surface area contributed by atoms with Gasteiger partial charge in [-0.2, -0.15) is 0 Å². The predicted molar refractivity (Wildman–Crippen MR) is 142 cm³/mol. The van der Waals surface area contributed by atoms with E-state index in [1.165, 1.54) is 0 Å². The van der Waals surface area contributed by atoms with E-state index in [4.69, 9.17) is 14.2 Å². The Morgan fingerprint density at radius 1 is 1.11 bits per heavy atom. The van der Waals surface area contributed by atoms with Gasteiger partial charge < -0.3 is 19.5 Å². The third-order valence-electron chi connectivity index (χ3n) is 7.02. The van der Waals surface area contributed by atoms with Crippen LogP contribution >= 0.6 is 15.9 Å². The SMILES string of the molecule is CC[C@H](C)OC(=O)C1=C(C)NC2=C(C(=O)C[C@@H](c3ccccc3)C2)[C@H]1c1cc(OC)c(OC)cc1Br. The molecule has 0 bridgehead atoms. The highest BCUT2D eigenvalue weighted by Crippen LogP contribution is 2.49. The molecule has 1 aliphatic carbocycles. The zero-order valence-corrected chi connectivity index (χ0v) is 22.9. The van der Waals surface area contributed by atoms with E-state index in [9.17, 15) is 9.59 Å². The summed E-state index contributed by atoms with van der Waals surface area (Å²) in [6, 6.07) is 13.7. The molecular weight excluding hydrogens is 522 g/mol. The number of Topliss-reactive ketones (excluding diaryl/α,β-unsaturated/α-hetero) is 1. The molecule has 0 saturated carbocycles. The standard InChI is InChI=1S/C29H32BrNO5/c1-6-16(2)36-29(33)26-17(3)31-22-12-19(18-10-8-7-9-11-18)13-23(32)28(22)27(26)20-14-24(34-4)25(35-5)15-21(20)30/h7-11,14-16,19,27,31H,6,12-13H2,1-5H3/t16-,19-,27-/m0/s1.